The fourth-order valence-corrected chi connectivity index (χ4v) is 2.31. The lowest BCUT2D eigenvalue weighted by molar-refractivity contribution is 0.336. The number of nitrogens with one attached hydrogen (secondary N) is 1. The molecule has 2 heterocycles. The van der Waals surface area contributed by atoms with Gasteiger partial charge in [0.1, 0.15) is 11.6 Å². The molecular weight excluding hydrogens is 264 g/mol. The number of thioether (sulfide) groups is 1. The lowest BCUT2D eigenvalue weighted by atomic mass is 10.3. The summed E-state index contributed by atoms with van der Waals surface area (Å²) < 4.78 is 5.48. The van der Waals surface area contributed by atoms with Crippen molar-refractivity contribution in [2.45, 2.75) is 17.8 Å². The maximum absolute atomic E-state index is 11.3. The van der Waals surface area contributed by atoms with Gasteiger partial charge >= 0.3 is 0 Å². The van der Waals surface area contributed by atoms with Gasteiger partial charge in [-0.15, -0.1) is 0 Å². The summed E-state index contributed by atoms with van der Waals surface area (Å²) in [5.74, 6) is 1.49. The molecule has 0 aliphatic heterocycles. The molecule has 19 heavy (non-hydrogen) atoms. The van der Waals surface area contributed by atoms with Gasteiger partial charge in [-0.1, -0.05) is 11.8 Å². The fourth-order valence-electron chi connectivity index (χ4n) is 1.48. The molecule has 0 aliphatic rings. The van der Waals surface area contributed by atoms with Crippen LogP contribution in [0.5, 0.6) is 5.75 Å². The molecule has 0 saturated carbocycles. The summed E-state index contributed by atoms with van der Waals surface area (Å²) in [7, 11) is 0. The molecule has 0 unspecified atom stereocenters. The van der Waals surface area contributed by atoms with Crippen LogP contribution in [0.15, 0.2) is 34.3 Å². The number of hydrogen-bond acceptors (Lipinski definition) is 6. The van der Waals surface area contributed by atoms with Crippen LogP contribution in [0.25, 0.3) is 0 Å². The molecule has 6 nitrogen and oxygen atoms in total. The third-order valence-corrected chi connectivity index (χ3v) is 3.12. The molecule has 0 fully saturated rings. The topological polar surface area (TPSA) is 93.9 Å². The number of ether oxygens (including phenoxy) is 1. The highest BCUT2D eigenvalue weighted by atomic mass is 32.2. The van der Waals surface area contributed by atoms with E-state index in [2.05, 4.69) is 15.0 Å². The summed E-state index contributed by atoms with van der Waals surface area (Å²) in [6.45, 7) is 2.50. The quantitative estimate of drug-likeness (QED) is 0.635. The minimum Gasteiger partial charge on any atom is -0.492 e. The summed E-state index contributed by atoms with van der Waals surface area (Å²) in [5, 5.41) is 0.470. The van der Waals surface area contributed by atoms with Gasteiger partial charge < -0.3 is 15.5 Å². The van der Waals surface area contributed by atoms with Crippen molar-refractivity contribution in [1.29, 1.82) is 0 Å². The SMILES string of the molecule is CCOc1cccnc1CSc1nc(N)cc(=O)[nH]1. The molecule has 0 spiro atoms. The van der Waals surface area contributed by atoms with Crippen LogP contribution in [-0.4, -0.2) is 21.6 Å². The largest absolute Gasteiger partial charge is 0.492 e. The van der Waals surface area contributed by atoms with Gasteiger partial charge in [0.15, 0.2) is 5.16 Å². The zero-order valence-corrected chi connectivity index (χ0v) is 11.2. The molecule has 7 heteroatoms. The van der Waals surface area contributed by atoms with Gasteiger partial charge in [-0.25, -0.2) is 4.98 Å². The van der Waals surface area contributed by atoms with Crippen molar-refractivity contribution in [3.8, 4) is 5.75 Å². The summed E-state index contributed by atoms with van der Waals surface area (Å²) in [6.07, 6.45) is 1.70. The first kappa shape index (κ1) is 13.4. The lowest BCUT2D eigenvalue weighted by Gasteiger charge is -2.08. The predicted molar refractivity (Wildman–Crippen MR) is 74.2 cm³/mol. The van der Waals surface area contributed by atoms with Crippen molar-refractivity contribution in [2.75, 3.05) is 12.3 Å². The second-order valence-electron chi connectivity index (χ2n) is 3.65. The Morgan fingerprint density at radius 2 is 2.37 bits per heavy atom. The summed E-state index contributed by atoms with van der Waals surface area (Å²) in [6, 6.07) is 4.93. The highest BCUT2D eigenvalue weighted by Gasteiger charge is 2.06. The normalized spacial score (nSPS) is 10.4. The van der Waals surface area contributed by atoms with E-state index in [4.69, 9.17) is 10.5 Å². The first-order valence-corrected chi connectivity index (χ1v) is 6.74. The van der Waals surface area contributed by atoms with Crippen LogP contribution in [0.2, 0.25) is 0 Å². The molecule has 0 aliphatic carbocycles. The molecule has 100 valence electrons. The van der Waals surface area contributed by atoms with E-state index in [9.17, 15) is 4.79 Å². The van der Waals surface area contributed by atoms with Crippen LogP contribution in [0, 0.1) is 0 Å². The third-order valence-electron chi connectivity index (χ3n) is 2.23. The summed E-state index contributed by atoms with van der Waals surface area (Å²) in [4.78, 5) is 22.2. The highest BCUT2D eigenvalue weighted by molar-refractivity contribution is 7.98. The molecule has 0 atom stereocenters. The molecule has 0 amide bonds. The third kappa shape index (κ3) is 3.72. The van der Waals surface area contributed by atoms with Gasteiger partial charge in [-0.3, -0.25) is 9.78 Å². The first-order chi connectivity index (χ1) is 9.19. The van der Waals surface area contributed by atoms with E-state index in [0.29, 0.717) is 17.5 Å². The fraction of sp³-hybridized carbons (Fsp3) is 0.250. The average Bonchev–Trinajstić information content (AvgIpc) is 2.37. The van der Waals surface area contributed by atoms with Gasteiger partial charge in [-0.2, -0.15) is 0 Å². The van der Waals surface area contributed by atoms with Crippen molar-refractivity contribution in [3.63, 3.8) is 0 Å². The molecule has 2 aromatic rings. The Labute approximate surface area is 114 Å². The van der Waals surface area contributed by atoms with Crippen LogP contribution in [0.1, 0.15) is 12.6 Å². The molecule has 0 saturated heterocycles. The molecule has 2 rings (SSSR count). The van der Waals surface area contributed by atoms with Crippen molar-refractivity contribution in [3.05, 3.63) is 40.4 Å². The Kier molecular flexibility index (Phi) is 4.40. The van der Waals surface area contributed by atoms with Crippen molar-refractivity contribution in [1.82, 2.24) is 15.0 Å². The zero-order chi connectivity index (χ0) is 13.7. The van der Waals surface area contributed by atoms with Gasteiger partial charge in [0, 0.05) is 18.0 Å². The van der Waals surface area contributed by atoms with Crippen molar-refractivity contribution < 1.29 is 4.74 Å². The zero-order valence-electron chi connectivity index (χ0n) is 10.4. The van der Waals surface area contributed by atoms with E-state index in [1.54, 1.807) is 6.20 Å². The monoisotopic (exact) mass is 278 g/mol. The molecule has 3 N–H and O–H groups in total. The van der Waals surface area contributed by atoms with Gasteiger partial charge in [0.25, 0.3) is 5.56 Å². The number of aromatic amines is 1. The molecule has 0 bridgehead atoms. The summed E-state index contributed by atoms with van der Waals surface area (Å²) >= 11 is 1.35. The molecular formula is C12H14N4O2S. The van der Waals surface area contributed by atoms with E-state index in [-0.39, 0.29) is 11.4 Å². The number of nitrogens with two attached hydrogens (primary N) is 1. The Balaban J connectivity index is 2.12. The Bertz CT molecular complexity index is 615. The second-order valence-corrected chi connectivity index (χ2v) is 4.61. The Morgan fingerprint density at radius 1 is 1.53 bits per heavy atom. The van der Waals surface area contributed by atoms with E-state index >= 15 is 0 Å². The van der Waals surface area contributed by atoms with E-state index in [1.807, 2.05) is 19.1 Å². The lowest BCUT2D eigenvalue weighted by Crippen LogP contribution is -2.09. The first-order valence-electron chi connectivity index (χ1n) is 5.75. The predicted octanol–water partition coefficient (Wildman–Crippen LogP) is 1.44. The minimum atomic E-state index is -0.263. The second kappa shape index (κ2) is 6.24. The van der Waals surface area contributed by atoms with Gasteiger partial charge in [0.05, 0.1) is 12.3 Å². The molecule has 0 radical (unpaired) electrons. The van der Waals surface area contributed by atoms with Crippen LogP contribution >= 0.6 is 11.8 Å². The highest BCUT2D eigenvalue weighted by Crippen LogP contribution is 2.24. The van der Waals surface area contributed by atoms with Crippen molar-refractivity contribution >= 4 is 17.6 Å². The van der Waals surface area contributed by atoms with E-state index in [0.717, 1.165) is 11.4 Å². The number of nitrogen functional groups attached to an aromatic ring is 1. The van der Waals surface area contributed by atoms with E-state index < -0.39 is 0 Å². The van der Waals surface area contributed by atoms with E-state index in [1.165, 1.54) is 17.8 Å². The summed E-state index contributed by atoms with van der Waals surface area (Å²) in [5.41, 5.74) is 6.06. The number of pyridine rings is 1. The number of H-pyrrole nitrogens is 1. The number of nitrogens with zero attached hydrogens (tertiary/aromatic N) is 2. The number of aromatic nitrogens is 3. The minimum absolute atomic E-state index is 0.206. The van der Waals surface area contributed by atoms with Crippen LogP contribution in [0.3, 0.4) is 0 Å². The number of rotatable bonds is 5. The maximum Gasteiger partial charge on any atom is 0.253 e. The Hall–Kier alpha value is -2.02. The molecule has 0 aromatic carbocycles. The number of hydrogen-bond donors (Lipinski definition) is 2. The molecule has 2 aromatic heterocycles. The van der Waals surface area contributed by atoms with Crippen LogP contribution < -0.4 is 16.0 Å². The maximum atomic E-state index is 11.3. The average molecular weight is 278 g/mol. The van der Waals surface area contributed by atoms with Crippen LogP contribution in [0.4, 0.5) is 5.82 Å². The standard InChI is InChI=1S/C12H14N4O2S/c1-2-18-9-4-3-5-14-8(9)7-19-12-15-10(13)6-11(17)16-12/h3-6H,2,7H2,1H3,(H3,13,15,16,17). The Morgan fingerprint density at radius 3 is 3.11 bits per heavy atom. The van der Waals surface area contributed by atoms with Crippen LogP contribution in [-0.2, 0) is 5.75 Å². The van der Waals surface area contributed by atoms with Crippen molar-refractivity contribution in [2.24, 2.45) is 0 Å². The van der Waals surface area contributed by atoms with Gasteiger partial charge in [0.2, 0.25) is 0 Å². The number of anilines is 1. The smallest absolute Gasteiger partial charge is 0.253 e. The van der Waals surface area contributed by atoms with Gasteiger partial charge in [-0.05, 0) is 19.1 Å².